The molecule has 1 aromatic rings. The quantitative estimate of drug-likeness (QED) is 0.819. The number of carbonyl (C=O) groups is 2. The minimum atomic E-state index is -0.958. The number of carboxylic acids is 1. The van der Waals surface area contributed by atoms with Gasteiger partial charge >= 0.3 is 5.97 Å². The fourth-order valence-electron chi connectivity index (χ4n) is 1.47. The van der Waals surface area contributed by atoms with Crippen LogP contribution >= 0.6 is 23.2 Å². The molecule has 0 spiro atoms. The van der Waals surface area contributed by atoms with Crippen LogP contribution in [0.3, 0.4) is 0 Å². The number of amides is 1. The molecule has 0 fully saturated rings. The minimum Gasteiger partial charge on any atom is -0.481 e. The number of hydrogen-bond acceptors (Lipinski definition) is 3. The number of halogens is 2. The van der Waals surface area contributed by atoms with Crippen LogP contribution in [0.5, 0.6) is 0 Å². The lowest BCUT2D eigenvalue weighted by Crippen LogP contribution is -2.36. The molecule has 7 heteroatoms. The van der Waals surface area contributed by atoms with Crippen LogP contribution in [0.25, 0.3) is 0 Å². The van der Waals surface area contributed by atoms with E-state index in [1.54, 1.807) is 13.8 Å². The number of aliphatic carboxylic acids is 1. The predicted molar refractivity (Wildman–Crippen MR) is 72.6 cm³/mol. The van der Waals surface area contributed by atoms with Gasteiger partial charge in [-0.3, -0.25) is 9.59 Å². The van der Waals surface area contributed by atoms with E-state index in [0.717, 1.165) is 0 Å². The van der Waals surface area contributed by atoms with E-state index in [9.17, 15) is 9.59 Å². The van der Waals surface area contributed by atoms with E-state index in [1.807, 2.05) is 0 Å². The zero-order valence-corrected chi connectivity index (χ0v) is 12.0. The Morgan fingerprint density at radius 3 is 2.53 bits per heavy atom. The molecule has 1 aromatic heterocycles. The largest absolute Gasteiger partial charge is 0.481 e. The minimum absolute atomic E-state index is 0.0103. The van der Waals surface area contributed by atoms with E-state index < -0.39 is 17.8 Å². The molecule has 0 saturated heterocycles. The summed E-state index contributed by atoms with van der Waals surface area (Å²) in [6, 6.07) is 2.93. The number of rotatable bonds is 5. The van der Waals surface area contributed by atoms with Crippen molar-refractivity contribution in [3.05, 3.63) is 28.0 Å². The van der Waals surface area contributed by atoms with Gasteiger partial charge in [0.05, 0.1) is 10.9 Å². The zero-order valence-electron chi connectivity index (χ0n) is 10.5. The maximum atomic E-state index is 11.9. The molecule has 0 aliphatic carbocycles. The first-order chi connectivity index (χ1) is 8.82. The van der Waals surface area contributed by atoms with Gasteiger partial charge in [-0.25, -0.2) is 4.98 Å². The highest BCUT2D eigenvalue weighted by atomic mass is 35.5. The van der Waals surface area contributed by atoms with Gasteiger partial charge in [-0.05, 0) is 18.1 Å². The molecular formula is C12H14Cl2N2O3. The average molecular weight is 305 g/mol. The molecule has 1 atom stereocenters. The van der Waals surface area contributed by atoms with Crippen LogP contribution in [0, 0.1) is 11.8 Å². The van der Waals surface area contributed by atoms with Crippen molar-refractivity contribution in [2.45, 2.75) is 13.8 Å². The molecule has 0 bridgehead atoms. The lowest BCUT2D eigenvalue weighted by Gasteiger charge is -2.16. The maximum absolute atomic E-state index is 11.9. The van der Waals surface area contributed by atoms with Gasteiger partial charge in [-0.15, -0.1) is 0 Å². The summed E-state index contributed by atoms with van der Waals surface area (Å²) in [5.74, 6) is -2.26. The van der Waals surface area contributed by atoms with E-state index in [4.69, 9.17) is 28.3 Å². The highest BCUT2D eigenvalue weighted by Crippen LogP contribution is 2.17. The Balaban J connectivity index is 2.75. The molecule has 1 heterocycles. The molecule has 19 heavy (non-hydrogen) atoms. The van der Waals surface area contributed by atoms with Crippen molar-refractivity contribution in [3.8, 4) is 0 Å². The van der Waals surface area contributed by atoms with Gasteiger partial charge in [0.25, 0.3) is 5.91 Å². The van der Waals surface area contributed by atoms with E-state index in [-0.39, 0.29) is 28.3 Å². The van der Waals surface area contributed by atoms with Crippen molar-refractivity contribution in [2.24, 2.45) is 11.8 Å². The van der Waals surface area contributed by atoms with E-state index in [1.165, 1.54) is 12.1 Å². The van der Waals surface area contributed by atoms with Gasteiger partial charge in [0, 0.05) is 6.54 Å². The molecule has 5 nitrogen and oxygen atoms in total. The molecule has 0 aliphatic rings. The number of carbonyl (C=O) groups excluding carboxylic acids is 1. The van der Waals surface area contributed by atoms with Crippen molar-refractivity contribution in [2.75, 3.05) is 6.54 Å². The fraction of sp³-hybridized carbons (Fsp3) is 0.417. The van der Waals surface area contributed by atoms with E-state index >= 15 is 0 Å². The van der Waals surface area contributed by atoms with Gasteiger partial charge in [0.1, 0.15) is 10.8 Å². The Hall–Kier alpha value is -1.33. The smallest absolute Gasteiger partial charge is 0.308 e. The third-order valence-corrected chi connectivity index (χ3v) is 3.15. The molecule has 2 N–H and O–H groups in total. The van der Waals surface area contributed by atoms with Crippen molar-refractivity contribution >= 4 is 35.1 Å². The third kappa shape index (κ3) is 4.36. The second-order valence-corrected chi connectivity index (χ2v) is 5.16. The maximum Gasteiger partial charge on any atom is 0.308 e. The van der Waals surface area contributed by atoms with Crippen molar-refractivity contribution in [1.82, 2.24) is 10.3 Å². The summed E-state index contributed by atoms with van der Waals surface area (Å²) in [7, 11) is 0. The summed E-state index contributed by atoms with van der Waals surface area (Å²) in [4.78, 5) is 26.7. The number of nitrogens with one attached hydrogen (secondary N) is 1. The molecule has 0 saturated carbocycles. The zero-order chi connectivity index (χ0) is 14.6. The lowest BCUT2D eigenvalue weighted by atomic mass is 9.96. The van der Waals surface area contributed by atoms with Gasteiger partial charge in [0.2, 0.25) is 0 Å². The van der Waals surface area contributed by atoms with Crippen LogP contribution in [0.1, 0.15) is 24.3 Å². The molecule has 1 rings (SSSR count). The summed E-state index contributed by atoms with van der Waals surface area (Å²) in [5, 5.41) is 11.8. The molecule has 0 aliphatic heterocycles. The molecular weight excluding hydrogens is 291 g/mol. The Morgan fingerprint density at radius 2 is 2.00 bits per heavy atom. The second kappa shape index (κ2) is 6.73. The number of carboxylic acid groups (broad SMARTS) is 1. The Labute approximate surface area is 120 Å². The normalized spacial score (nSPS) is 12.3. The average Bonchev–Trinajstić information content (AvgIpc) is 2.31. The SMILES string of the molecule is CC(C)C(CNC(=O)c1nc(Cl)ccc1Cl)C(=O)O. The standard InChI is InChI=1S/C12H14Cl2N2O3/c1-6(2)7(12(18)19)5-15-11(17)10-8(13)3-4-9(14)16-10/h3-4,6-7H,5H2,1-2H3,(H,15,17)(H,18,19). The van der Waals surface area contributed by atoms with Crippen LogP contribution < -0.4 is 5.32 Å². The summed E-state index contributed by atoms with van der Waals surface area (Å²) in [6.07, 6.45) is 0. The molecule has 0 radical (unpaired) electrons. The van der Waals surface area contributed by atoms with E-state index in [0.29, 0.717) is 0 Å². The Kier molecular flexibility index (Phi) is 5.57. The lowest BCUT2D eigenvalue weighted by molar-refractivity contribution is -0.142. The Morgan fingerprint density at radius 1 is 1.37 bits per heavy atom. The first-order valence-corrected chi connectivity index (χ1v) is 6.41. The molecule has 1 amide bonds. The van der Waals surface area contributed by atoms with Gasteiger partial charge in [-0.1, -0.05) is 37.0 Å². The van der Waals surface area contributed by atoms with Crippen LogP contribution in [-0.4, -0.2) is 28.5 Å². The van der Waals surface area contributed by atoms with Gasteiger partial charge < -0.3 is 10.4 Å². The highest BCUT2D eigenvalue weighted by molar-refractivity contribution is 6.34. The number of hydrogen-bond donors (Lipinski definition) is 2. The van der Waals surface area contributed by atoms with Crippen LogP contribution in [-0.2, 0) is 4.79 Å². The Bertz CT molecular complexity index is 492. The monoisotopic (exact) mass is 304 g/mol. The summed E-state index contributed by atoms with van der Waals surface area (Å²) < 4.78 is 0. The highest BCUT2D eigenvalue weighted by Gasteiger charge is 2.23. The van der Waals surface area contributed by atoms with E-state index in [2.05, 4.69) is 10.3 Å². The van der Waals surface area contributed by atoms with Crippen LogP contribution in [0.4, 0.5) is 0 Å². The molecule has 104 valence electrons. The molecule has 0 aromatic carbocycles. The van der Waals surface area contributed by atoms with Gasteiger partial charge in [-0.2, -0.15) is 0 Å². The summed E-state index contributed by atoms with van der Waals surface area (Å²) in [5.41, 5.74) is -0.0120. The summed E-state index contributed by atoms with van der Waals surface area (Å²) in [6.45, 7) is 3.56. The molecule has 1 unspecified atom stereocenters. The van der Waals surface area contributed by atoms with Gasteiger partial charge in [0.15, 0.2) is 0 Å². The number of pyridine rings is 1. The fourth-order valence-corrected chi connectivity index (χ4v) is 1.81. The van der Waals surface area contributed by atoms with Crippen LogP contribution in [0.2, 0.25) is 10.2 Å². The second-order valence-electron chi connectivity index (χ2n) is 4.36. The first kappa shape index (κ1) is 15.7. The third-order valence-electron chi connectivity index (χ3n) is 2.63. The predicted octanol–water partition coefficient (Wildman–Crippen LogP) is 2.47. The number of aromatic nitrogens is 1. The van der Waals surface area contributed by atoms with Crippen molar-refractivity contribution in [3.63, 3.8) is 0 Å². The topological polar surface area (TPSA) is 79.3 Å². The van der Waals surface area contributed by atoms with Crippen molar-refractivity contribution in [1.29, 1.82) is 0 Å². The first-order valence-electron chi connectivity index (χ1n) is 5.66. The van der Waals surface area contributed by atoms with Crippen molar-refractivity contribution < 1.29 is 14.7 Å². The van der Waals surface area contributed by atoms with Crippen LogP contribution in [0.15, 0.2) is 12.1 Å². The summed E-state index contributed by atoms with van der Waals surface area (Å²) >= 11 is 11.5. The number of nitrogens with zero attached hydrogens (tertiary/aromatic N) is 1.